The second kappa shape index (κ2) is 8.20. The largest absolute Gasteiger partial charge is 0.369 e. The Bertz CT molecular complexity index is 1130. The van der Waals surface area contributed by atoms with Crippen LogP contribution >= 0.6 is 12.2 Å². The maximum atomic E-state index is 10.9. The lowest BCUT2D eigenvalue weighted by Gasteiger charge is -2.35. The molecule has 1 saturated carbocycles. The van der Waals surface area contributed by atoms with E-state index in [-0.39, 0.29) is 10.6 Å². The Hall–Kier alpha value is -3.11. The van der Waals surface area contributed by atoms with Crippen LogP contribution in [0.3, 0.4) is 0 Å². The van der Waals surface area contributed by atoms with E-state index in [1.165, 1.54) is 0 Å². The van der Waals surface area contributed by atoms with Gasteiger partial charge < -0.3 is 4.90 Å². The lowest BCUT2D eigenvalue weighted by Crippen LogP contribution is -2.47. The third kappa shape index (κ3) is 4.08. The first-order valence-electron chi connectivity index (χ1n) is 10.4. The average molecular weight is 438 g/mol. The van der Waals surface area contributed by atoms with E-state index in [1.54, 1.807) is 18.3 Å². The molecule has 1 saturated heterocycles. The van der Waals surface area contributed by atoms with Crippen LogP contribution < -0.4 is 4.90 Å². The van der Waals surface area contributed by atoms with Crippen LogP contribution in [0.5, 0.6) is 0 Å². The average Bonchev–Trinajstić information content (AvgIpc) is 3.59. The molecule has 0 radical (unpaired) electrons. The maximum absolute atomic E-state index is 10.9. The minimum Gasteiger partial charge on any atom is -0.369 e. The summed E-state index contributed by atoms with van der Waals surface area (Å²) in [7, 11) is 0. The molecule has 1 aliphatic heterocycles. The fourth-order valence-corrected chi connectivity index (χ4v) is 4.32. The summed E-state index contributed by atoms with van der Waals surface area (Å²) in [5.74, 6) is 0.894. The summed E-state index contributed by atoms with van der Waals surface area (Å²) in [6, 6.07) is 11.2. The molecule has 160 valence electrons. The molecule has 5 rings (SSSR count). The minimum atomic E-state index is -0.369. The molecule has 0 amide bonds. The molecular formula is C21H23N7O2S. The molecule has 1 aromatic carbocycles. The molecule has 2 aliphatic rings. The van der Waals surface area contributed by atoms with Gasteiger partial charge in [0.05, 0.1) is 11.6 Å². The summed E-state index contributed by atoms with van der Waals surface area (Å²) in [6.07, 6.45) is 5.88. The van der Waals surface area contributed by atoms with Crippen LogP contribution in [-0.2, 0) is 6.67 Å². The van der Waals surface area contributed by atoms with Gasteiger partial charge in [0.2, 0.25) is 0 Å². The number of hydrogen-bond donors (Lipinski definition) is 0. The smallest absolute Gasteiger partial charge is 0.269 e. The van der Waals surface area contributed by atoms with Crippen LogP contribution in [0.1, 0.15) is 18.9 Å². The number of pyridine rings is 1. The predicted octanol–water partition coefficient (Wildman–Crippen LogP) is 3.50. The molecule has 31 heavy (non-hydrogen) atoms. The van der Waals surface area contributed by atoms with E-state index in [0.29, 0.717) is 12.7 Å². The quantitative estimate of drug-likeness (QED) is 0.331. The van der Waals surface area contributed by atoms with Gasteiger partial charge in [-0.15, -0.1) is 0 Å². The first-order chi connectivity index (χ1) is 15.1. The molecule has 0 bridgehead atoms. The molecule has 0 N–H and O–H groups in total. The van der Waals surface area contributed by atoms with Crippen LogP contribution in [0.4, 0.5) is 11.4 Å². The van der Waals surface area contributed by atoms with Gasteiger partial charge in [-0.3, -0.25) is 24.6 Å². The molecular weight excluding hydrogens is 414 g/mol. The summed E-state index contributed by atoms with van der Waals surface area (Å²) in [5, 5.41) is 15.7. The van der Waals surface area contributed by atoms with E-state index in [2.05, 4.69) is 19.4 Å². The summed E-state index contributed by atoms with van der Waals surface area (Å²) in [5.41, 5.74) is 2.12. The first-order valence-corrected chi connectivity index (χ1v) is 10.8. The second-order valence-corrected chi connectivity index (χ2v) is 8.33. The van der Waals surface area contributed by atoms with Crippen molar-refractivity contribution in [1.29, 1.82) is 0 Å². The van der Waals surface area contributed by atoms with Crippen LogP contribution in [0.15, 0.2) is 48.8 Å². The number of rotatable bonds is 6. The van der Waals surface area contributed by atoms with Crippen molar-refractivity contribution in [3.05, 3.63) is 63.7 Å². The normalized spacial score (nSPS) is 17.1. The van der Waals surface area contributed by atoms with Gasteiger partial charge in [-0.1, -0.05) is 0 Å². The van der Waals surface area contributed by atoms with E-state index >= 15 is 0 Å². The number of piperazine rings is 1. The highest BCUT2D eigenvalue weighted by molar-refractivity contribution is 7.71. The second-order valence-electron chi connectivity index (χ2n) is 7.97. The lowest BCUT2D eigenvalue weighted by atomic mass is 10.2. The van der Waals surface area contributed by atoms with Crippen LogP contribution in [-0.4, -0.2) is 55.3 Å². The highest BCUT2D eigenvalue weighted by Gasteiger charge is 2.29. The number of aromatic nitrogens is 4. The van der Waals surface area contributed by atoms with Gasteiger partial charge in [0.1, 0.15) is 0 Å². The molecule has 2 fully saturated rings. The SMILES string of the molecule is O=[N+]([O-])c1ccc(N2CCN(Cn3nc(-c4cccnc4)n(C4CC4)c3=S)CC2)cc1. The number of nitro benzene ring substituents is 1. The molecule has 3 aromatic rings. The summed E-state index contributed by atoms with van der Waals surface area (Å²) >= 11 is 5.78. The standard InChI is InChI=1S/C21H23N7O2S/c29-28(30)19-7-3-17(4-8-19)25-12-10-24(11-13-25)15-26-21(31)27(18-5-6-18)20(23-26)16-2-1-9-22-14-16/h1-4,7-9,14,18H,5-6,10-13,15H2. The van der Waals surface area contributed by atoms with Crippen molar-refractivity contribution < 1.29 is 4.92 Å². The van der Waals surface area contributed by atoms with E-state index in [0.717, 1.165) is 60.9 Å². The fraction of sp³-hybridized carbons (Fsp3) is 0.381. The van der Waals surface area contributed by atoms with Crippen molar-refractivity contribution in [1.82, 2.24) is 24.2 Å². The van der Waals surface area contributed by atoms with E-state index in [9.17, 15) is 10.1 Å². The molecule has 0 atom stereocenters. The highest BCUT2D eigenvalue weighted by Crippen LogP contribution is 2.38. The monoisotopic (exact) mass is 437 g/mol. The Morgan fingerprint density at radius 1 is 1.10 bits per heavy atom. The molecule has 10 heteroatoms. The van der Waals surface area contributed by atoms with E-state index in [1.807, 2.05) is 35.1 Å². The maximum Gasteiger partial charge on any atom is 0.269 e. The van der Waals surface area contributed by atoms with Crippen molar-refractivity contribution in [2.45, 2.75) is 25.6 Å². The molecule has 0 unspecified atom stereocenters. The van der Waals surface area contributed by atoms with Crippen molar-refractivity contribution in [3.8, 4) is 11.4 Å². The minimum absolute atomic E-state index is 0.118. The zero-order valence-electron chi connectivity index (χ0n) is 17.0. The van der Waals surface area contributed by atoms with Crippen LogP contribution in [0, 0.1) is 14.9 Å². The number of non-ortho nitro benzene ring substituents is 1. The Morgan fingerprint density at radius 3 is 2.45 bits per heavy atom. The number of hydrogen-bond acceptors (Lipinski definition) is 7. The lowest BCUT2D eigenvalue weighted by molar-refractivity contribution is -0.384. The summed E-state index contributed by atoms with van der Waals surface area (Å²) < 4.78 is 4.87. The molecule has 3 heterocycles. The third-order valence-electron chi connectivity index (χ3n) is 5.83. The topological polar surface area (TPSA) is 85.3 Å². The predicted molar refractivity (Wildman–Crippen MR) is 119 cm³/mol. The van der Waals surface area contributed by atoms with Gasteiger partial charge in [-0.05, 0) is 49.3 Å². The molecule has 1 aliphatic carbocycles. The molecule has 0 spiro atoms. The van der Waals surface area contributed by atoms with Gasteiger partial charge in [0.15, 0.2) is 10.6 Å². The van der Waals surface area contributed by atoms with Gasteiger partial charge in [-0.2, -0.15) is 5.10 Å². The summed E-state index contributed by atoms with van der Waals surface area (Å²) in [6.45, 7) is 4.10. The number of nitrogens with zero attached hydrogens (tertiary/aromatic N) is 7. The van der Waals surface area contributed by atoms with Crippen LogP contribution in [0.25, 0.3) is 11.4 Å². The molecule has 2 aromatic heterocycles. The number of benzene rings is 1. The Kier molecular flexibility index (Phi) is 5.24. The van der Waals surface area contributed by atoms with E-state index < -0.39 is 0 Å². The summed E-state index contributed by atoms with van der Waals surface area (Å²) in [4.78, 5) is 19.3. The first kappa shape index (κ1) is 19.8. The van der Waals surface area contributed by atoms with Gasteiger partial charge >= 0.3 is 0 Å². The molecule has 9 nitrogen and oxygen atoms in total. The van der Waals surface area contributed by atoms with Crippen molar-refractivity contribution in [2.24, 2.45) is 0 Å². The van der Waals surface area contributed by atoms with Crippen molar-refractivity contribution >= 4 is 23.6 Å². The van der Waals surface area contributed by atoms with E-state index in [4.69, 9.17) is 17.3 Å². The Balaban J connectivity index is 1.28. The van der Waals surface area contributed by atoms with Crippen molar-refractivity contribution in [2.75, 3.05) is 31.1 Å². The zero-order valence-corrected chi connectivity index (χ0v) is 17.8. The van der Waals surface area contributed by atoms with Gasteiger partial charge in [-0.25, -0.2) is 4.68 Å². The van der Waals surface area contributed by atoms with Crippen molar-refractivity contribution in [3.63, 3.8) is 0 Å². The van der Waals surface area contributed by atoms with Crippen LogP contribution in [0.2, 0.25) is 0 Å². The Morgan fingerprint density at radius 2 is 1.84 bits per heavy atom. The zero-order chi connectivity index (χ0) is 21.4. The number of anilines is 1. The number of nitro groups is 1. The Labute approximate surface area is 184 Å². The van der Waals surface area contributed by atoms with Gasteiger partial charge in [0, 0.05) is 68.0 Å². The fourth-order valence-electron chi connectivity index (χ4n) is 3.99. The highest BCUT2D eigenvalue weighted by atomic mass is 32.1. The van der Waals surface area contributed by atoms with Gasteiger partial charge in [0.25, 0.3) is 5.69 Å². The third-order valence-corrected chi connectivity index (χ3v) is 6.24.